The van der Waals surface area contributed by atoms with E-state index in [-0.39, 0.29) is 5.70 Å². The summed E-state index contributed by atoms with van der Waals surface area (Å²) in [6.07, 6.45) is 0.917. The first-order valence-electron chi connectivity index (χ1n) is 8.99. The summed E-state index contributed by atoms with van der Waals surface area (Å²) in [5.41, 5.74) is 1.86. The van der Waals surface area contributed by atoms with Gasteiger partial charge < -0.3 is 15.0 Å². The molecule has 0 aromatic heterocycles. The second kappa shape index (κ2) is 9.08. The van der Waals surface area contributed by atoms with Crippen molar-refractivity contribution in [2.75, 3.05) is 24.3 Å². The lowest BCUT2D eigenvalue weighted by Gasteiger charge is -2.20. The first kappa shape index (κ1) is 21.0. The van der Waals surface area contributed by atoms with E-state index in [4.69, 9.17) is 4.74 Å². The predicted molar refractivity (Wildman–Crippen MR) is 113 cm³/mol. The predicted octanol–water partition coefficient (Wildman–Crippen LogP) is 4.26. The molecule has 0 radical (unpaired) electrons. The van der Waals surface area contributed by atoms with Crippen LogP contribution in [0.3, 0.4) is 0 Å². The molecule has 2 rings (SSSR count). The van der Waals surface area contributed by atoms with Crippen molar-refractivity contribution in [3.63, 3.8) is 0 Å². The number of nitrogens with one attached hydrogen (secondary N) is 2. The average molecular weight is 381 g/mol. The molecule has 2 amide bonds. The molecule has 0 saturated carbocycles. The molecule has 28 heavy (non-hydrogen) atoms. The molecule has 0 saturated heterocycles. The second-order valence-corrected chi connectivity index (χ2v) is 7.49. The van der Waals surface area contributed by atoms with Crippen molar-refractivity contribution >= 4 is 29.5 Å². The molecule has 6 nitrogen and oxygen atoms in total. The zero-order chi connectivity index (χ0) is 20.7. The normalized spacial score (nSPS) is 11.5. The van der Waals surface area contributed by atoms with E-state index in [0.29, 0.717) is 5.69 Å². The fraction of sp³-hybridized carbons (Fsp3) is 0.273. The van der Waals surface area contributed by atoms with E-state index in [2.05, 4.69) is 10.6 Å². The van der Waals surface area contributed by atoms with Crippen molar-refractivity contribution in [2.45, 2.75) is 26.4 Å². The molecule has 0 unspecified atom stereocenters. The summed E-state index contributed by atoms with van der Waals surface area (Å²) in [4.78, 5) is 26.9. The van der Waals surface area contributed by atoms with E-state index in [9.17, 15) is 9.59 Å². The molecule has 0 aliphatic heterocycles. The minimum Gasteiger partial charge on any atom is -0.444 e. The number of hydrogen-bond acceptors (Lipinski definition) is 4. The van der Waals surface area contributed by atoms with E-state index in [1.807, 2.05) is 61.5 Å². The van der Waals surface area contributed by atoms with Crippen LogP contribution in [0.5, 0.6) is 0 Å². The molecule has 6 heteroatoms. The van der Waals surface area contributed by atoms with Gasteiger partial charge >= 0.3 is 6.09 Å². The van der Waals surface area contributed by atoms with Crippen molar-refractivity contribution < 1.29 is 14.3 Å². The van der Waals surface area contributed by atoms with Crippen molar-refractivity contribution in [1.82, 2.24) is 5.32 Å². The molecule has 2 aromatic carbocycles. The van der Waals surface area contributed by atoms with E-state index in [1.165, 1.54) is 0 Å². The Morgan fingerprint density at radius 3 is 2.11 bits per heavy atom. The van der Waals surface area contributed by atoms with Gasteiger partial charge in [-0.15, -0.1) is 0 Å². The van der Waals surface area contributed by atoms with Crippen LogP contribution in [0.15, 0.2) is 60.3 Å². The lowest BCUT2D eigenvalue weighted by atomic mass is 10.2. The highest BCUT2D eigenvalue weighted by Gasteiger charge is 2.20. The van der Waals surface area contributed by atoms with Crippen LogP contribution in [-0.4, -0.2) is 31.7 Å². The SMILES string of the molecule is CN(C)c1ccc(NC(=O)C(=Cc2ccccc2)NC(=O)OC(C)(C)C)cc1. The van der Waals surface area contributed by atoms with Crippen LogP contribution >= 0.6 is 0 Å². The average Bonchev–Trinajstić information content (AvgIpc) is 2.61. The van der Waals surface area contributed by atoms with Gasteiger partial charge in [-0.25, -0.2) is 4.79 Å². The summed E-state index contributed by atoms with van der Waals surface area (Å²) in [5.74, 6) is -0.438. The van der Waals surface area contributed by atoms with Gasteiger partial charge in [0, 0.05) is 25.5 Å². The number of anilines is 2. The Morgan fingerprint density at radius 1 is 0.964 bits per heavy atom. The van der Waals surface area contributed by atoms with Crippen LogP contribution in [-0.2, 0) is 9.53 Å². The fourth-order valence-corrected chi connectivity index (χ4v) is 2.33. The van der Waals surface area contributed by atoms with Crippen molar-refractivity contribution in [1.29, 1.82) is 0 Å². The van der Waals surface area contributed by atoms with Gasteiger partial charge in [0.2, 0.25) is 0 Å². The maximum Gasteiger partial charge on any atom is 0.412 e. The molecule has 0 aliphatic rings. The third-order valence-corrected chi connectivity index (χ3v) is 3.63. The highest BCUT2D eigenvalue weighted by molar-refractivity contribution is 6.08. The molecule has 0 fully saturated rings. The van der Waals surface area contributed by atoms with Gasteiger partial charge in [0.1, 0.15) is 11.3 Å². The maximum absolute atomic E-state index is 12.8. The number of hydrogen-bond donors (Lipinski definition) is 2. The van der Waals surface area contributed by atoms with E-state index >= 15 is 0 Å². The van der Waals surface area contributed by atoms with Gasteiger partial charge in [-0.3, -0.25) is 10.1 Å². The zero-order valence-electron chi connectivity index (χ0n) is 16.9. The number of alkyl carbamates (subject to hydrolysis) is 1. The minimum absolute atomic E-state index is 0.0946. The molecule has 0 atom stereocenters. The molecule has 0 bridgehead atoms. The third-order valence-electron chi connectivity index (χ3n) is 3.63. The number of carbonyl (C=O) groups excluding carboxylic acids is 2. The number of ether oxygens (including phenoxy) is 1. The fourth-order valence-electron chi connectivity index (χ4n) is 2.33. The number of benzene rings is 2. The Balaban J connectivity index is 2.21. The van der Waals surface area contributed by atoms with Gasteiger partial charge in [-0.05, 0) is 56.7 Å². The highest BCUT2D eigenvalue weighted by atomic mass is 16.6. The summed E-state index contributed by atoms with van der Waals surface area (Å²) in [6, 6.07) is 16.7. The molecule has 0 spiro atoms. The monoisotopic (exact) mass is 381 g/mol. The second-order valence-electron chi connectivity index (χ2n) is 7.49. The first-order valence-corrected chi connectivity index (χ1v) is 8.99. The van der Waals surface area contributed by atoms with Crippen LogP contribution in [0.4, 0.5) is 16.2 Å². The van der Waals surface area contributed by atoms with E-state index < -0.39 is 17.6 Å². The Labute approximate surface area is 166 Å². The number of amides is 2. The lowest BCUT2D eigenvalue weighted by molar-refractivity contribution is -0.113. The zero-order valence-corrected chi connectivity index (χ0v) is 16.9. The maximum atomic E-state index is 12.8. The summed E-state index contributed by atoms with van der Waals surface area (Å²) in [6.45, 7) is 5.29. The number of carbonyl (C=O) groups is 2. The summed E-state index contributed by atoms with van der Waals surface area (Å²) >= 11 is 0. The van der Waals surface area contributed by atoms with Crippen molar-refractivity contribution in [2.24, 2.45) is 0 Å². The van der Waals surface area contributed by atoms with Gasteiger partial charge in [0.15, 0.2) is 0 Å². The Hall–Kier alpha value is -3.28. The molecular formula is C22H27N3O3. The van der Waals surface area contributed by atoms with Crippen LogP contribution < -0.4 is 15.5 Å². The molecule has 148 valence electrons. The van der Waals surface area contributed by atoms with Crippen LogP contribution in [0.25, 0.3) is 6.08 Å². The van der Waals surface area contributed by atoms with Gasteiger partial charge in [-0.2, -0.15) is 0 Å². The molecule has 0 aliphatic carbocycles. The summed E-state index contributed by atoms with van der Waals surface area (Å²) in [7, 11) is 3.89. The largest absolute Gasteiger partial charge is 0.444 e. The van der Waals surface area contributed by atoms with Gasteiger partial charge in [0.25, 0.3) is 5.91 Å². The summed E-state index contributed by atoms with van der Waals surface area (Å²) in [5, 5.41) is 5.35. The van der Waals surface area contributed by atoms with Crippen molar-refractivity contribution in [3.8, 4) is 0 Å². The lowest BCUT2D eigenvalue weighted by Crippen LogP contribution is -2.35. The molecule has 2 aromatic rings. The van der Waals surface area contributed by atoms with Crippen molar-refractivity contribution in [3.05, 3.63) is 65.9 Å². The minimum atomic E-state index is -0.687. The van der Waals surface area contributed by atoms with Gasteiger partial charge in [-0.1, -0.05) is 30.3 Å². The topological polar surface area (TPSA) is 70.7 Å². The molecular weight excluding hydrogens is 354 g/mol. The van der Waals surface area contributed by atoms with E-state index in [1.54, 1.807) is 39.0 Å². The first-order chi connectivity index (χ1) is 13.1. The number of nitrogens with zero attached hydrogens (tertiary/aromatic N) is 1. The molecule has 0 heterocycles. The Bertz CT molecular complexity index is 836. The van der Waals surface area contributed by atoms with Crippen LogP contribution in [0.2, 0.25) is 0 Å². The summed E-state index contributed by atoms with van der Waals surface area (Å²) < 4.78 is 5.27. The standard InChI is InChI=1S/C22H27N3O3/c1-22(2,3)28-21(27)24-19(15-16-9-7-6-8-10-16)20(26)23-17-11-13-18(14-12-17)25(4)5/h6-15H,1-5H3,(H,23,26)(H,24,27). The van der Waals surface area contributed by atoms with E-state index in [0.717, 1.165) is 11.3 Å². The quantitative estimate of drug-likeness (QED) is 0.760. The van der Waals surface area contributed by atoms with Gasteiger partial charge in [0.05, 0.1) is 0 Å². The molecule has 2 N–H and O–H groups in total. The number of rotatable bonds is 5. The highest BCUT2D eigenvalue weighted by Crippen LogP contribution is 2.17. The van der Waals surface area contributed by atoms with Crippen LogP contribution in [0, 0.1) is 0 Å². The Morgan fingerprint density at radius 2 is 1.57 bits per heavy atom. The smallest absolute Gasteiger partial charge is 0.412 e. The third kappa shape index (κ3) is 6.79. The Kier molecular flexibility index (Phi) is 6.82. The van der Waals surface area contributed by atoms with Crippen LogP contribution in [0.1, 0.15) is 26.3 Å².